The maximum Gasteiger partial charge on any atom is 0.128 e. The van der Waals surface area contributed by atoms with Gasteiger partial charge in [-0.2, -0.15) is 0 Å². The van der Waals surface area contributed by atoms with Crippen LogP contribution < -0.4 is 4.74 Å². The average Bonchev–Trinajstić information content (AvgIpc) is 2.61. The maximum absolute atomic E-state index is 6.15. The maximum atomic E-state index is 6.15. The van der Waals surface area contributed by atoms with E-state index in [9.17, 15) is 0 Å². The quantitative estimate of drug-likeness (QED) is 0.437. The topological polar surface area (TPSA) is 21.6 Å². The number of halogens is 2. The van der Waals surface area contributed by atoms with Crippen molar-refractivity contribution in [1.82, 2.24) is 0 Å². The van der Waals surface area contributed by atoms with E-state index in [-0.39, 0.29) is 0 Å². The molecule has 0 fully saturated rings. The molecule has 0 N–H and O–H groups in total. The molecule has 0 saturated heterocycles. The number of hydrogen-bond acceptors (Lipinski definition) is 2. The number of nitrogens with zero attached hydrogens (tertiary/aromatic N) is 1. The van der Waals surface area contributed by atoms with E-state index in [0.717, 1.165) is 28.1 Å². The second kappa shape index (κ2) is 8.39. The number of rotatable bonds is 5. The zero-order valence-electron chi connectivity index (χ0n) is 14.7. The Morgan fingerprint density at radius 1 is 0.885 bits per heavy atom. The van der Waals surface area contributed by atoms with E-state index in [1.54, 1.807) is 6.21 Å². The van der Waals surface area contributed by atoms with Gasteiger partial charge in [-0.1, -0.05) is 53.0 Å². The highest BCUT2D eigenvalue weighted by Crippen LogP contribution is 2.25. The minimum atomic E-state index is 0.448. The molecule has 26 heavy (non-hydrogen) atoms. The molecular weight excluding hydrogens is 365 g/mol. The molecule has 0 heterocycles. The van der Waals surface area contributed by atoms with E-state index in [4.69, 9.17) is 27.9 Å². The smallest absolute Gasteiger partial charge is 0.128 e. The first-order valence-electron chi connectivity index (χ1n) is 8.29. The van der Waals surface area contributed by atoms with Crippen molar-refractivity contribution in [2.24, 2.45) is 4.99 Å². The molecule has 2 nitrogen and oxygen atoms in total. The van der Waals surface area contributed by atoms with Gasteiger partial charge in [-0.05, 0) is 61.4 Å². The Labute approximate surface area is 164 Å². The lowest BCUT2D eigenvalue weighted by molar-refractivity contribution is 0.306. The van der Waals surface area contributed by atoms with Crippen LogP contribution in [0, 0.1) is 13.8 Å². The molecule has 0 aliphatic rings. The average molecular weight is 384 g/mol. The van der Waals surface area contributed by atoms with Gasteiger partial charge in [-0.3, -0.25) is 4.99 Å². The van der Waals surface area contributed by atoms with Crippen LogP contribution in [-0.2, 0) is 6.61 Å². The van der Waals surface area contributed by atoms with Crippen LogP contribution in [0.25, 0.3) is 0 Å². The fourth-order valence-electron chi connectivity index (χ4n) is 2.58. The van der Waals surface area contributed by atoms with E-state index in [1.807, 2.05) is 48.5 Å². The van der Waals surface area contributed by atoms with Crippen molar-refractivity contribution in [3.8, 4) is 5.75 Å². The molecule has 0 aromatic heterocycles. The second-order valence-corrected chi connectivity index (χ2v) is 7.02. The van der Waals surface area contributed by atoms with Gasteiger partial charge in [-0.15, -0.1) is 0 Å². The Bertz CT molecular complexity index is 933. The fourth-order valence-corrected chi connectivity index (χ4v) is 2.89. The number of benzene rings is 3. The van der Waals surface area contributed by atoms with Crippen LogP contribution in [0.15, 0.2) is 65.7 Å². The second-order valence-electron chi connectivity index (χ2n) is 6.15. The van der Waals surface area contributed by atoms with Crippen LogP contribution in [0.1, 0.15) is 22.3 Å². The van der Waals surface area contributed by atoms with Gasteiger partial charge in [0.2, 0.25) is 0 Å². The third-order valence-electron chi connectivity index (χ3n) is 3.97. The van der Waals surface area contributed by atoms with E-state index >= 15 is 0 Å². The molecule has 3 rings (SSSR count). The van der Waals surface area contributed by atoms with Crippen molar-refractivity contribution >= 4 is 35.1 Å². The predicted octanol–water partition coefficient (Wildman–Crippen LogP) is 6.94. The summed E-state index contributed by atoms with van der Waals surface area (Å²) in [6.45, 7) is 4.57. The van der Waals surface area contributed by atoms with Gasteiger partial charge < -0.3 is 4.74 Å². The third kappa shape index (κ3) is 4.87. The van der Waals surface area contributed by atoms with Crippen molar-refractivity contribution in [3.63, 3.8) is 0 Å². The number of hydrogen-bond donors (Lipinski definition) is 0. The molecule has 0 saturated carbocycles. The SMILES string of the molecule is Cc1ccc(N=Cc2cc(Cl)ccc2OCc2ccc(Cl)cc2)c(C)c1. The molecule has 3 aromatic rings. The molecule has 132 valence electrons. The summed E-state index contributed by atoms with van der Waals surface area (Å²) in [5, 5.41) is 1.35. The van der Waals surface area contributed by atoms with Crippen molar-refractivity contribution in [1.29, 1.82) is 0 Å². The van der Waals surface area contributed by atoms with Crippen molar-refractivity contribution in [2.45, 2.75) is 20.5 Å². The first kappa shape index (κ1) is 18.5. The minimum Gasteiger partial charge on any atom is -0.488 e. The van der Waals surface area contributed by atoms with E-state index in [1.165, 1.54) is 5.56 Å². The predicted molar refractivity (Wildman–Crippen MR) is 110 cm³/mol. The highest BCUT2D eigenvalue weighted by atomic mass is 35.5. The van der Waals surface area contributed by atoms with Gasteiger partial charge in [0.25, 0.3) is 0 Å². The molecule has 0 unspecified atom stereocenters. The molecular formula is C22H19Cl2NO. The van der Waals surface area contributed by atoms with Crippen molar-refractivity contribution < 1.29 is 4.74 Å². The zero-order chi connectivity index (χ0) is 18.5. The van der Waals surface area contributed by atoms with Crippen LogP contribution in [0.4, 0.5) is 5.69 Å². The van der Waals surface area contributed by atoms with Gasteiger partial charge in [-0.25, -0.2) is 0 Å². The number of aliphatic imine (C=N–C) groups is 1. The van der Waals surface area contributed by atoms with E-state index < -0.39 is 0 Å². The lowest BCUT2D eigenvalue weighted by Gasteiger charge is -2.10. The molecule has 0 radical (unpaired) electrons. The van der Waals surface area contributed by atoms with Crippen LogP contribution >= 0.6 is 23.2 Å². The van der Waals surface area contributed by atoms with Gasteiger partial charge >= 0.3 is 0 Å². The first-order chi connectivity index (χ1) is 12.5. The summed E-state index contributed by atoms with van der Waals surface area (Å²) in [4.78, 5) is 4.60. The number of ether oxygens (including phenoxy) is 1. The molecule has 3 aromatic carbocycles. The zero-order valence-corrected chi connectivity index (χ0v) is 16.2. The minimum absolute atomic E-state index is 0.448. The summed E-state index contributed by atoms with van der Waals surface area (Å²) in [5.41, 5.74) is 5.16. The molecule has 0 aliphatic carbocycles. The molecule has 0 aliphatic heterocycles. The van der Waals surface area contributed by atoms with Gasteiger partial charge in [0, 0.05) is 21.8 Å². The van der Waals surface area contributed by atoms with E-state index in [0.29, 0.717) is 16.7 Å². The Balaban J connectivity index is 1.81. The first-order valence-corrected chi connectivity index (χ1v) is 9.05. The van der Waals surface area contributed by atoms with Gasteiger partial charge in [0.05, 0.1) is 5.69 Å². The van der Waals surface area contributed by atoms with Crippen LogP contribution in [-0.4, -0.2) is 6.21 Å². The molecule has 4 heteroatoms. The highest BCUT2D eigenvalue weighted by Gasteiger charge is 2.05. The van der Waals surface area contributed by atoms with Crippen LogP contribution in [0.5, 0.6) is 5.75 Å². The summed E-state index contributed by atoms with van der Waals surface area (Å²) in [5.74, 6) is 0.734. The normalized spacial score (nSPS) is 11.1. The summed E-state index contributed by atoms with van der Waals surface area (Å²) in [7, 11) is 0. The van der Waals surface area contributed by atoms with Crippen molar-refractivity contribution in [2.75, 3.05) is 0 Å². The highest BCUT2D eigenvalue weighted by molar-refractivity contribution is 6.31. The largest absolute Gasteiger partial charge is 0.488 e. The summed E-state index contributed by atoms with van der Waals surface area (Å²) >= 11 is 12.1. The standard InChI is InChI=1S/C22H19Cl2NO/c1-15-3-9-21(16(2)11-15)25-13-18-12-20(24)8-10-22(18)26-14-17-4-6-19(23)7-5-17/h3-13H,14H2,1-2H3. The Kier molecular flexibility index (Phi) is 5.97. The third-order valence-corrected chi connectivity index (χ3v) is 4.46. The molecule has 0 spiro atoms. The summed E-state index contributed by atoms with van der Waals surface area (Å²) in [6.07, 6.45) is 1.79. The van der Waals surface area contributed by atoms with Crippen molar-refractivity contribution in [3.05, 3.63) is 93.0 Å². The lowest BCUT2D eigenvalue weighted by atomic mass is 10.1. The molecule has 0 atom stereocenters. The van der Waals surface area contributed by atoms with Gasteiger partial charge in [0.15, 0.2) is 0 Å². The molecule has 0 amide bonds. The number of aryl methyl sites for hydroxylation is 2. The van der Waals surface area contributed by atoms with Crippen LogP contribution in [0.3, 0.4) is 0 Å². The summed E-state index contributed by atoms with van der Waals surface area (Å²) < 4.78 is 5.96. The van der Waals surface area contributed by atoms with Crippen LogP contribution in [0.2, 0.25) is 10.0 Å². The lowest BCUT2D eigenvalue weighted by Crippen LogP contribution is -1.98. The monoisotopic (exact) mass is 383 g/mol. The van der Waals surface area contributed by atoms with E-state index in [2.05, 4.69) is 31.0 Å². The summed E-state index contributed by atoms with van der Waals surface area (Å²) in [6, 6.07) is 19.3. The fraction of sp³-hybridized carbons (Fsp3) is 0.136. The molecule has 0 bridgehead atoms. The Morgan fingerprint density at radius 3 is 2.35 bits per heavy atom. The Hall–Kier alpha value is -2.29. The van der Waals surface area contributed by atoms with Gasteiger partial charge in [0.1, 0.15) is 12.4 Å². The Morgan fingerprint density at radius 2 is 1.62 bits per heavy atom.